The largest absolute Gasteiger partial charge is 0.449 e. The van der Waals surface area contributed by atoms with Gasteiger partial charge >= 0.3 is 6.09 Å². The fourth-order valence-electron chi connectivity index (χ4n) is 3.56. The third-order valence-corrected chi connectivity index (χ3v) is 5.44. The van der Waals surface area contributed by atoms with Crippen LogP contribution >= 0.6 is 0 Å². The third kappa shape index (κ3) is 7.78. The van der Waals surface area contributed by atoms with Crippen molar-refractivity contribution in [2.24, 2.45) is 11.7 Å². The van der Waals surface area contributed by atoms with Gasteiger partial charge in [0.25, 0.3) is 11.8 Å². The maximum absolute atomic E-state index is 13.1. The first-order valence-electron chi connectivity index (χ1n) is 11.7. The monoisotopic (exact) mass is 495 g/mol. The number of amides is 3. The molecule has 1 fully saturated rings. The van der Waals surface area contributed by atoms with Crippen LogP contribution in [0.25, 0.3) is 0 Å². The Bertz CT molecular complexity index is 1150. The van der Waals surface area contributed by atoms with Crippen molar-refractivity contribution in [1.29, 1.82) is 0 Å². The third-order valence-electron chi connectivity index (χ3n) is 5.44. The number of piperazine rings is 1. The van der Waals surface area contributed by atoms with E-state index in [0.717, 1.165) is 5.56 Å². The van der Waals surface area contributed by atoms with E-state index in [1.54, 1.807) is 17.0 Å². The molecule has 2 heterocycles. The molecule has 1 aliphatic heterocycles. The molecule has 1 aromatic heterocycles. The highest BCUT2D eigenvalue weighted by Crippen LogP contribution is 2.14. The Morgan fingerprint density at radius 3 is 2.50 bits per heavy atom. The van der Waals surface area contributed by atoms with Gasteiger partial charge < -0.3 is 20.7 Å². The lowest BCUT2D eigenvalue weighted by Gasteiger charge is -2.34. The summed E-state index contributed by atoms with van der Waals surface area (Å²) in [6.07, 6.45) is 0.730. The van der Waals surface area contributed by atoms with Crippen LogP contribution in [0.5, 0.6) is 0 Å². The lowest BCUT2D eigenvalue weighted by molar-refractivity contribution is 0.0627. The average Bonchev–Trinajstić information content (AvgIpc) is 2.86. The molecular formula is C26H30FN5O4. The van der Waals surface area contributed by atoms with Crippen LogP contribution in [0.1, 0.15) is 45.8 Å². The molecule has 3 amide bonds. The second-order valence-corrected chi connectivity index (χ2v) is 8.83. The van der Waals surface area contributed by atoms with Crippen molar-refractivity contribution < 1.29 is 23.5 Å². The number of pyridine rings is 1. The fourth-order valence-corrected chi connectivity index (χ4v) is 3.56. The number of hydrogen-bond donors (Lipinski definition) is 2. The van der Waals surface area contributed by atoms with E-state index in [2.05, 4.69) is 27.0 Å². The van der Waals surface area contributed by atoms with Crippen LogP contribution < -0.4 is 11.1 Å². The van der Waals surface area contributed by atoms with Gasteiger partial charge in [0.15, 0.2) is 0 Å². The summed E-state index contributed by atoms with van der Waals surface area (Å²) >= 11 is 0. The quantitative estimate of drug-likeness (QED) is 0.568. The number of nitrogens with zero attached hydrogens (tertiary/aromatic N) is 3. The van der Waals surface area contributed by atoms with Crippen molar-refractivity contribution in [3.8, 4) is 11.8 Å². The maximum atomic E-state index is 13.1. The number of hydrogen-bond acceptors (Lipinski definition) is 6. The van der Waals surface area contributed by atoms with Gasteiger partial charge in [-0.1, -0.05) is 37.8 Å². The number of carbonyl (C=O) groups is 3. The molecule has 0 radical (unpaired) electrons. The molecule has 1 saturated heterocycles. The highest BCUT2D eigenvalue weighted by molar-refractivity contribution is 5.97. The van der Waals surface area contributed by atoms with Gasteiger partial charge in [0.2, 0.25) is 0 Å². The Balaban J connectivity index is 1.60. The van der Waals surface area contributed by atoms with E-state index in [4.69, 9.17) is 10.5 Å². The van der Waals surface area contributed by atoms with Gasteiger partial charge in [-0.25, -0.2) is 14.2 Å². The molecule has 190 valence electrons. The van der Waals surface area contributed by atoms with Gasteiger partial charge in [-0.15, -0.1) is 0 Å². The first-order chi connectivity index (χ1) is 17.2. The summed E-state index contributed by atoms with van der Waals surface area (Å²) in [6.45, 7) is 7.17. The summed E-state index contributed by atoms with van der Waals surface area (Å²) in [4.78, 5) is 44.5. The van der Waals surface area contributed by atoms with E-state index in [1.165, 1.54) is 24.4 Å². The zero-order chi connectivity index (χ0) is 26.1. The van der Waals surface area contributed by atoms with Gasteiger partial charge in [0.1, 0.15) is 11.5 Å². The number of ether oxygens (including phenoxy) is 1. The number of nitrogens with one attached hydrogen (secondary N) is 1. The Labute approximate surface area is 209 Å². The van der Waals surface area contributed by atoms with E-state index < -0.39 is 12.0 Å². The molecule has 0 unspecified atom stereocenters. The minimum atomic E-state index is -0.767. The van der Waals surface area contributed by atoms with Crippen LogP contribution in [0.2, 0.25) is 0 Å². The van der Waals surface area contributed by atoms with Crippen LogP contribution in [0.4, 0.5) is 9.18 Å². The molecule has 0 spiro atoms. The molecule has 0 saturated carbocycles. The molecule has 1 aromatic carbocycles. The number of primary amides is 1. The first-order valence-corrected chi connectivity index (χ1v) is 11.7. The summed E-state index contributed by atoms with van der Waals surface area (Å²) in [7, 11) is 0. The minimum absolute atomic E-state index is 0.0106. The van der Waals surface area contributed by atoms with Crippen molar-refractivity contribution in [3.63, 3.8) is 0 Å². The number of nitrogens with two attached hydrogens (primary N) is 1. The lowest BCUT2D eigenvalue weighted by atomic mass is 10.1. The van der Waals surface area contributed by atoms with Crippen molar-refractivity contribution in [2.45, 2.75) is 20.4 Å². The number of aromatic nitrogens is 1. The number of benzene rings is 1. The number of carbonyl (C=O) groups excluding carboxylic acids is 3. The first kappa shape index (κ1) is 26.6. The highest BCUT2D eigenvalue weighted by atomic mass is 19.1. The maximum Gasteiger partial charge on any atom is 0.407 e. The molecule has 0 aliphatic carbocycles. The van der Waals surface area contributed by atoms with Crippen LogP contribution in [-0.2, 0) is 11.3 Å². The summed E-state index contributed by atoms with van der Waals surface area (Å²) in [5, 5.41) is 2.50. The molecular weight excluding hydrogens is 465 g/mol. The van der Waals surface area contributed by atoms with Crippen LogP contribution in [0, 0.1) is 23.6 Å². The second kappa shape index (κ2) is 12.7. The van der Waals surface area contributed by atoms with Crippen LogP contribution in [-0.4, -0.2) is 72.0 Å². The van der Waals surface area contributed by atoms with Gasteiger partial charge in [-0.2, -0.15) is 0 Å². The Hall–Kier alpha value is -3.97. The SMILES string of the molecule is CC(C)COC(=O)NCC#Cc1cc(C(=O)N2CCN(Cc3ccc(F)cc3)CC2)cnc1C(N)=O. The molecule has 1 aliphatic rings. The summed E-state index contributed by atoms with van der Waals surface area (Å²) in [5.74, 6) is 4.44. The molecule has 2 aromatic rings. The summed E-state index contributed by atoms with van der Waals surface area (Å²) in [5.41, 5.74) is 6.87. The van der Waals surface area contributed by atoms with Gasteiger partial charge in [0, 0.05) is 38.9 Å². The predicted octanol–water partition coefficient (Wildman–Crippen LogP) is 2.01. The second-order valence-electron chi connectivity index (χ2n) is 8.83. The standard InChI is InChI=1S/C26H30FN5O4/c1-18(2)17-36-26(35)29-9-3-4-20-14-21(15-30-23(20)24(28)33)25(34)32-12-10-31(11-13-32)16-19-5-7-22(27)8-6-19/h5-8,14-15,18H,9-13,16-17H2,1-2H3,(H2,28,33)(H,29,35). The fraction of sp³-hybridized carbons (Fsp3) is 0.385. The topological polar surface area (TPSA) is 118 Å². The van der Waals surface area contributed by atoms with Crippen molar-refractivity contribution in [1.82, 2.24) is 20.1 Å². The minimum Gasteiger partial charge on any atom is -0.449 e. The highest BCUT2D eigenvalue weighted by Gasteiger charge is 2.23. The number of alkyl carbamates (subject to hydrolysis) is 1. The van der Waals surface area contributed by atoms with Gasteiger partial charge in [-0.05, 0) is 29.7 Å². The zero-order valence-corrected chi connectivity index (χ0v) is 20.4. The summed E-state index contributed by atoms with van der Waals surface area (Å²) < 4.78 is 18.1. The molecule has 0 atom stereocenters. The summed E-state index contributed by atoms with van der Waals surface area (Å²) in [6, 6.07) is 7.88. The zero-order valence-electron chi connectivity index (χ0n) is 20.4. The lowest BCUT2D eigenvalue weighted by Crippen LogP contribution is -2.48. The molecule has 9 nitrogen and oxygen atoms in total. The molecule has 3 N–H and O–H groups in total. The van der Waals surface area contributed by atoms with Gasteiger partial charge in [-0.3, -0.25) is 14.5 Å². The molecule has 0 bridgehead atoms. The predicted molar refractivity (Wildman–Crippen MR) is 131 cm³/mol. The normalized spacial score (nSPS) is 13.6. The van der Waals surface area contributed by atoms with Crippen molar-refractivity contribution >= 4 is 17.9 Å². The molecule has 3 rings (SSSR count). The number of rotatable bonds is 7. The average molecular weight is 496 g/mol. The Morgan fingerprint density at radius 1 is 1.17 bits per heavy atom. The Kier molecular flexibility index (Phi) is 9.36. The smallest absolute Gasteiger partial charge is 0.407 e. The van der Waals surface area contributed by atoms with Crippen molar-refractivity contribution in [3.05, 3.63) is 64.7 Å². The van der Waals surface area contributed by atoms with E-state index in [0.29, 0.717) is 44.9 Å². The van der Waals surface area contributed by atoms with Crippen LogP contribution in [0.3, 0.4) is 0 Å². The van der Waals surface area contributed by atoms with E-state index in [9.17, 15) is 18.8 Å². The van der Waals surface area contributed by atoms with Crippen LogP contribution in [0.15, 0.2) is 36.5 Å². The Morgan fingerprint density at radius 2 is 1.86 bits per heavy atom. The van der Waals surface area contributed by atoms with E-state index >= 15 is 0 Å². The number of halogens is 1. The molecule has 10 heteroatoms. The van der Waals surface area contributed by atoms with Gasteiger partial charge in [0.05, 0.1) is 24.3 Å². The molecule has 36 heavy (non-hydrogen) atoms. The van der Waals surface area contributed by atoms with Crippen molar-refractivity contribution in [2.75, 3.05) is 39.3 Å². The van der Waals surface area contributed by atoms with E-state index in [1.807, 2.05) is 13.8 Å². The van der Waals surface area contributed by atoms with E-state index in [-0.39, 0.29) is 35.4 Å².